The fourth-order valence-electron chi connectivity index (χ4n) is 2.48. The van der Waals surface area contributed by atoms with Crippen molar-refractivity contribution in [3.63, 3.8) is 0 Å². The first kappa shape index (κ1) is 11.2. The maximum Gasteiger partial charge on any atom is 0.00486 e. The minimum atomic E-state index is 0.615. The van der Waals surface area contributed by atoms with Gasteiger partial charge >= 0.3 is 0 Å². The standard InChI is InChI=1S/C16H20/c1-2-16(15-12-8-5-9-13-15)14-10-6-3-4-7-11-14/h3,5-6,8-10,12-13,16H,2,4,7,11H2,1H3. The Morgan fingerprint density at radius 3 is 2.75 bits per heavy atom. The van der Waals surface area contributed by atoms with Gasteiger partial charge in [-0.05, 0) is 31.2 Å². The zero-order valence-electron chi connectivity index (χ0n) is 10.0. The van der Waals surface area contributed by atoms with Crippen LogP contribution in [0, 0.1) is 0 Å². The molecule has 84 valence electrons. The van der Waals surface area contributed by atoms with Crippen LogP contribution in [0.25, 0.3) is 0 Å². The van der Waals surface area contributed by atoms with Gasteiger partial charge in [0.2, 0.25) is 0 Å². The molecule has 0 N–H and O–H groups in total. The van der Waals surface area contributed by atoms with E-state index in [0.29, 0.717) is 5.92 Å². The summed E-state index contributed by atoms with van der Waals surface area (Å²) in [7, 11) is 0. The highest BCUT2D eigenvalue weighted by atomic mass is 14.2. The Balaban J connectivity index is 2.22. The first-order chi connectivity index (χ1) is 7.92. The summed E-state index contributed by atoms with van der Waals surface area (Å²) in [6.45, 7) is 2.28. The maximum atomic E-state index is 2.33. The topological polar surface area (TPSA) is 0 Å². The molecule has 16 heavy (non-hydrogen) atoms. The van der Waals surface area contributed by atoms with Crippen LogP contribution in [0.1, 0.15) is 44.1 Å². The van der Waals surface area contributed by atoms with Crippen molar-refractivity contribution in [1.82, 2.24) is 0 Å². The highest BCUT2D eigenvalue weighted by molar-refractivity contribution is 5.31. The average Bonchev–Trinajstić information content (AvgIpc) is 2.61. The Morgan fingerprint density at radius 2 is 2.00 bits per heavy atom. The Labute approximate surface area is 98.7 Å². The van der Waals surface area contributed by atoms with Crippen LogP contribution >= 0.6 is 0 Å². The molecule has 0 nitrogen and oxygen atoms in total. The summed E-state index contributed by atoms with van der Waals surface area (Å²) in [5, 5.41) is 0. The normalized spacial score (nSPS) is 17.7. The molecule has 0 aliphatic heterocycles. The van der Waals surface area contributed by atoms with E-state index in [1.807, 2.05) is 0 Å². The lowest BCUT2D eigenvalue weighted by molar-refractivity contribution is 0.695. The summed E-state index contributed by atoms with van der Waals surface area (Å²) in [6.07, 6.45) is 11.8. The number of hydrogen-bond donors (Lipinski definition) is 0. The predicted octanol–water partition coefficient (Wildman–Crippen LogP) is 4.85. The van der Waals surface area contributed by atoms with Gasteiger partial charge in [0.1, 0.15) is 0 Å². The van der Waals surface area contributed by atoms with Gasteiger partial charge in [0.15, 0.2) is 0 Å². The van der Waals surface area contributed by atoms with Gasteiger partial charge in [-0.15, -0.1) is 0 Å². The summed E-state index contributed by atoms with van der Waals surface area (Å²) >= 11 is 0. The van der Waals surface area contributed by atoms with Gasteiger partial charge in [0.25, 0.3) is 0 Å². The van der Waals surface area contributed by atoms with Crippen molar-refractivity contribution in [2.24, 2.45) is 0 Å². The quantitative estimate of drug-likeness (QED) is 0.672. The largest absolute Gasteiger partial charge is 0.0845 e. The van der Waals surface area contributed by atoms with Crippen molar-refractivity contribution >= 4 is 0 Å². The van der Waals surface area contributed by atoms with Crippen molar-refractivity contribution in [3.8, 4) is 0 Å². The highest BCUT2D eigenvalue weighted by Crippen LogP contribution is 2.31. The molecule has 0 amide bonds. The molecule has 0 saturated heterocycles. The Morgan fingerprint density at radius 1 is 1.19 bits per heavy atom. The molecule has 1 aliphatic rings. The summed E-state index contributed by atoms with van der Waals surface area (Å²) in [5.41, 5.74) is 3.06. The van der Waals surface area contributed by atoms with Crippen LogP contribution in [-0.4, -0.2) is 0 Å². The second-order valence-corrected chi connectivity index (χ2v) is 4.43. The van der Waals surface area contributed by atoms with Gasteiger partial charge < -0.3 is 0 Å². The molecule has 0 heterocycles. The third-order valence-corrected chi connectivity index (χ3v) is 3.34. The van der Waals surface area contributed by atoms with Crippen LogP contribution in [0.3, 0.4) is 0 Å². The van der Waals surface area contributed by atoms with Crippen LogP contribution in [-0.2, 0) is 0 Å². The molecule has 1 aromatic carbocycles. The smallest absolute Gasteiger partial charge is 0.00486 e. The Hall–Kier alpha value is -1.30. The summed E-state index contributed by atoms with van der Waals surface area (Å²) in [4.78, 5) is 0. The molecular weight excluding hydrogens is 192 g/mol. The minimum absolute atomic E-state index is 0.615. The monoisotopic (exact) mass is 212 g/mol. The molecule has 0 fully saturated rings. The Kier molecular flexibility index (Phi) is 3.98. The zero-order chi connectivity index (χ0) is 11.2. The summed E-state index contributed by atoms with van der Waals surface area (Å²) in [6, 6.07) is 10.9. The maximum absolute atomic E-state index is 2.33. The van der Waals surface area contributed by atoms with Gasteiger partial charge in [0.05, 0.1) is 0 Å². The third kappa shape index (κ3) is 2.63. The molecule has 0 aromatic heterocycles. The van der Waals surface area contributed by atoms with Crippen molar-refractivity contribution < 1.29 is 0 Å². The fourth-order valence-corrected chi connectivity index (χ4v) is 2.48. The lowest BCUT2D eigenvalue weighted by Crippen LogP contribution is -2.01. The van der Waals surface area contributed by atoms with Crippen LogP contribution in [0.15, 0.2) is 54.1 Å². The van der Waals surface area contributed by atoms with E-state index in [1.165, 1.54) is 31.2 Å². The Bertz CT molecular complexity index is 370. The lowest BCUT2D eigenvalue weighted by Gasteiger charge is -2.18. The second kappa shape index (κ2) is 5.69. The molecular formula is C16H20. The molecule has 0 saturated carbocycles. The van der Waals surface area contributed by atoms with Crippen LogP contribution < -0.4 is 0 Å². The van der Waals surface area contributed by atoms with E-state index in [4.69, 9.17) is 0 Å². The second-order valence-electron chi connectivity index (χ2n) is 4.43. The molecule has 0 heteroatoms. The SMILES string of the molecule is CCC(C1=CC=CCCC1)c1ccccc1. The molecule has 1 aromatic rings. The van der Waals surface area contributed by atoms with Crippen LogP contribution in [0.2, 0.25) is 0 Å². The summed E-state index contributed by atoms with van der Waals surface area (Å²) < 4.78 is 0. The van der Waals surface area contributed by atoms with Gasteiger partial charge in [-0.1, -0.05) is 61.1 Å². The number of benzene rings is 1. The van der Waals surface area contributed by atoms with Crippen LogP contribution in [0.4, 0.5) is 0 Å². The van der Waals surface area contributed by atoms with Crippen molar-refractivity contribution in [1.29, 1.82) is 0 Å². The zero-order valence-corrected chi connectivity index (χ0v) is 10.0. The van der Waals surface area contributed by atoms with Crippen molar-refractivity contribution in [3.05, 3.63) is 59.7 Å². The highest BCUT2D eigenvalue weighted by Gasteiger charge is 2.14. The molecule has 1 atom stereocenters. The van der Waals surface area contributed by atoms with E-state index in [9.17, 15) is 0 Å². The third-order valence-electron chi connectivity index (χ3n) is 3.34. The molecule has 0 spiro atoms. The van der Waals surface area contributed by atoms with E-state index in [-0.39, 0.29) is 0 Å². The van der Waals surface area contributed by atoms with Crippen LogP contribution in [0.5, 0.6) is 0 Å². The summed E-state index contributed by atoms with van der Waals surface area (Å²) in [5.74, 6) is 0.615. The molecule has 2 rings (SSSR count). The van der Waals surface area contributed by atoms with Gasteiger partial charge in [-0.3, -0.25) is 0 Å². The molecule has 1 unspecified atom stereocenters. The van der Waals surface area contributed by atoms with E-state index in [2.05, 4.69) is 55.5 Å². The molecule has 1 aliphatic carbocycles. The first-order valence-electron chi connectivity index (χ1n) is 6.32. The fraction of sp³-hybridized carbons (Fsp3) is 0.375. The number of allylic oxidation sites excluding steroid dienone is 4. The van der Waals surface area contributed by atoms with E-state index >= 15 is 0 Å². The van der Waals surface area contributed by atoms with Crippen molar-refractivity contribution in [2.45, 2.75) is 38.5 Å². The predicted molar refractivity (Wildman–Crippen MR) is 70.5 cm³/mol. The minimum Gasteiger partial charge on any atom is -0.0845 e. The van der Waals surface area contributed by atoms with E-state index in [1.54, 1.807) is 5.57 Å². The van der Waals surface area contributed by atoms with E-state index < -0.39 is 0 Å². The van der Waals surface area contributed by atoms with Crippen molar-refractivity contribution in [2.75, 3.05) is 0 Å². The van der Waals surface area contributed by atoms with Gasteiger partial charge in [0, 0.05) is 5.92 Å². The number of hydrogen-bond acceptors (Lipinski definition) is 0. The van der Waals surface area contributed by atoms with Gasteiger partial charge in [-0.2, -0.15) is 0 Å². The van der Waals surface area contributed by atoms with E-state index in [0.717, 1.165) is 0 Å². The number of rotatable bonds is 3. The molecule has 0 radical (unpaired) electrons. The first-order valence-corrected chi connectivity index (χ1v) is 6.32. The van der Waals surface area contributed by atoms with Gasteiger partial charge in [-0.25, -0.2) is 0 Å². The lowest BCUT2D eigenvalue weighted by atomic mass is 9.86. The average molecular weight is 212 g/mol. The molecule has 0 bridgehead atoms.